The van der Waals surface area contributed by atoms with Crippen molar-refractivity contribution in [3.63, 3.8) is 0 Å². The fourth-order valence-electron chi connectivity index (χ4n) is 2.25. The van der Waals surface area contributed by atoms with Crippen molar-refractivity contribution in [2.24, 2.45) is 0 Å². The number of carboxylic acids is 1. The summed E-state index contributed by atoms with van der Waals surface area (Å²) in [6.07, 6.45) is 0. The maximum Gasteiger partial charge on any atom is 0.336 e. The Kier molecular flexibility index (Phi) is 4.72. The molecule has 0 spiro atoms. The number of aromatic carboxylic acids is 1. The number of rotatable bonds is 5. The van der Waals surface area contributed by atoms with E-state index in [1.807, 2.05) is 0 Å². The number of carbonyl (C=O) groups excluding carboxylic acids is 1. The maximum atomic E-state index is 12.3. The topological polar surface area (TPSA) is 122 Å². The molecule has 0 atom stereocenters. The second kappa shape index (κ2) is 7.11. The number of thiazole rings is 1. The first kappa shape index (κ1) is 17.2. The van der Waals surface area contributed by atoms with Gasteiger partial charge in [0.15, 0.2) is 5.13 Å². The van der Waals surface area contributed by atoms with Crippen molar-refractivity contribution < 1.29 is 19.6 Å². The number of carbonyl (C=O) groups is 2. The molecule has 130 valence electrons. The van der Waals surface area contributed by atoms with Crippen LogP contribution >= 0.6 is 11.3 Å². The highest BCUT2D eigenvalue weighted by Gasteiger charge is 2.17. The van der Waals surface area contributed by atoms with Gasteiger partial charge in [0, 0.05) is 23.1 Å². The molecule has 1 heterocycles. The van der Waals surface area contributed by atoms with E-state index in [-0.39, 0.29) is 16.8 Å². The Hall–Kier alpha value is -3.59. The molecule has 0 bridgehead atoms. The first-order chi connectivity index (χ1) is 12.5. The predicted molar refractivity (Wildman–Crippen MR) is 95.6 cm³/mol. The normalized spacial score (nSPS) is 10.3. The summed E-state index contributed by atoms with van der Waals surface area (Å²) in [7, 11) is 0. The Morgan fingerprint density at radius 3 is 2.35 bits per heavy atom. The van der Waals surface area contributed by atoms with Crippen molar-refractivity contribution in [2.45, 2.75) is 0 Å². The molecule has 26 heavy (non-hydrogen) atoms. The van der Waals surface area contributed by atoms with Crippen LogP contribution in [0.15, 0.2) is 53.9 Å². The average molecular weight is 369 g/mol. The molecule has 0 fully saturated rings. The average Bonchev–Trinajstić information content (AvgIpc) is 3.10. The minimum atomic E-state index is -1.19. The molecule has 3 rings (SSSR count). The van der Waals surface area contributed by atoms with E-state index < -0.39 is 16.8 Å². The summed E-state index contributed by atoms with van der Waals surface area (Å²) < 4.78 is 0. The summed E-state index contributed by atoms with van der Waals surface area (Å²) in [5.74, 6) is -1.77. The number of nitro groups is 1. The highest BCUT2D eigenvalue weighted by molar-refractivity contribution is 7.14. The van der Waals surface area contributed by atoms with E-state index in [4.69, 9.17) is 5.11 Å². The van der Waals surface area contributed by atoms with Crippen molar-refractivity contribution >= 4 is 34.0 Å². The van der Waals surface area contributed by atoms with E-state index in [2.05, 4.69) is 10.3 Å². The van der Waals surface area contributed by atoms with Gasteiger partial charge in [-0.1, -0.05) is 12.1 Å². The first-order valence-electron chi connectivity index (χ1n) is 7.30. The molecule has 0 aliphatic carbocycles. The quantitative estimate of drug-likeness (QED) is 0.522. The molecule has 9 heteroatoms. The zero-order valence-corrected chi connectivity index (χ0v) is 13.9. The third kappa shape index (κ3) is 3.57. The lowest BCUT2D eigenvalue weighted by atomic mass is 10.1. The van der Waals surface area contributed by atoms with Crippen LogP contribution in [0.4, 0.5) is 10.8 Å². The van der Waals surface area contributed by atoms with Crippen LogP contribution in [0.25, 0.3) is 11.3 Å². The number of hydrogen-bond donors (Lipinski definition) is 2. The van der Waals surface area contributed by atoms with Gasteiger partial charge in [-0.25, -0.2) is 9.78 Å². The zero-order chi connectivity index (χ0) is 18.7. The molecule has 1 aromatic heterocycles. The van der Waals surface area contributed by atoms with Crippen molar-refractivity contribution in [3.05, 3.63) is 75.2 Å². The van der Waals surface area contributed by atoms with Crippen LogP contribution in [0.3, 0.4) is 0 Å². The second-order valence-corrected chi connectivity index (χ2v) is 6.00. The van der Waals surface area contributed by atoms with Crippen LogP contribution in [0, 0.1) is 10.1 Å². The minimum Gasteiger partial charge on any atom is -0.478 e. The van der Waals surface area contributed by atoms with Gasteiger partial charge < -0.3 is 5.11 Å². The Bertz CT molecular complexity index is 998. The molecular weight excluding hydrogens is 358 g/mol. The molecule has 0 aliphatic rings. The van der Waals surface area contributed by atoms with E-state index in [1.165, 1.54) is 41.7 Å². The van der Waals surface area contributed by atoms with E-state index >= 15 is 0 Å². The van der Waals surface area contributed by atoms with Gasteiger partial charge in [-0.05, 0) is 24.3 Å². The van der Waals surface area contributed by atoms with E-state index in [0.29, 0.717) is 16.4 Å². The summed E-state index contributed by atoms with van der Waals surface area (Å²) in [6.45, 7) is 0. The molecular formula is C17H11N3O5S. The number of benzene rings is 2. The van der Waals surface area contributed by atoms with Crippen LogP contribution < -0.4 is 5.32 Å². The third-order valence-electron chi connectivity index (χ3n) is 3.50. The SMILES string of the molecule is O=C(O)c1ccccc1C(=O)Nc1nc(-c2ccc([N+](=O)[O-])cc2)cs1. The molecule has 0 unspecified atom stereocenters. The summed E-state index contributed by atoms with van der Waals surface area (Å²) in [5.41, 5.74) is 1.12. The summed E-state index contributed by atoms with van der Waals surface area (Å²) in [6, 6.07) is 11.8. The molecule has 0 radical (unpaired) electrons. The van der Waals surface area contributed by atoms with E-state index in [1.54, 1.807) is 23.6 Å². The number of amides is 1. The van der Waals surface area contributed by atoms with Gasteiger partial charge in [0.05, 0.1) is 21.7 Å². The summed E-state index contributed by atoms with van der Waals surface area (Å²) in [5, 5.41) is 24.4. The molecule has 2 N–H and O–H groups in total. The molecule has 0 aliphatic heterocycles. The maximum absolute atomic E-state index is 12.3. The lowest BCUT2D eigenvalue weighted by Gasteiger charge is -2.05. The molecule has 0 saturated heterocycles. The zero-order valence-electron chi connectivity index (χ0n) is 13.1. The van der Waals surface area contributed by atoms with Crippen molar-refractivity contribution in [2.75, 3.05) is 5.32 Å². The van der Waals surface area contributed by atoms with E-state index in [9.17, 15) is 19.7 Å². The molecule has 2 aromatic carbocycles. The van der Waals surface area contributed by atoms with Gasteiger partial charge in [0.2, 0.25) is 0 Å². The molecule has 1 amide bonds. The van der Waals surface area contributed by atoms with Gasteiger partial charge in [-0.3, -0.25) is 20.2 Å². The number of hydrogen-bond acceptors (Lipinski definition) is 6. The van der Waals surface area contributed by atoms with Crippen molar-refractivity contribution in [3.8, 4) is 11.3 Å². The molecule has 3 aromatic rings. The van der Waals surface area contributed by atoms with Crippen LogP contribution in [0.2, 0.25) is 0 Å². The minimum absolute atomic E-state index is 0.0252. The Labute approximate surface area is 150 Å². The monoisotopic (exact) mass is 369 g/mol. The van der Waals surface area contributed by atoms with E-state index in [0.717, 1.165) is 0 Å². The number of nitrogens with zero attached hydrogens (tertiary/aromatic N) is 2. The number of anilines is 1. The van der Waals surface area contributed by atoms with Crippen LogP contribution in [-0.2, 0) is 0 Å². The Balaban J connectivity index is 1.79. The largest absolute Gasteiger partial charge is 0.478 e. The number of carboxylic acid groups (broad SMARTS) is 1. The van der Waals surface area contributed by atoms with Gasteiger partial charge >= 0.3 is 5.97 Å². The van der Waals surface area contributed by atoms with Crippen molar-refractivity contribution in [1.29, 1.82) is 0 Å². The standard InChI is InChI=1S/C17H11N3O5S/c21-15(12-3-1-2-4-13(12)16(22)23)19-17-18-14(9-26-17)10-5-7-11(8-6-10)20(24)25/h1-9H,(H,22,23)(H,18,19,21). The van der Waals surface area contributed by atoms with Crippen LogP contribution in [0.1, 0.15) is 20.7 Å². The lowest BCUT2D eigenvalue weighted by Crippen LogP contribution is -2.16. The van der Waals surface area contributed by atoms with Crippen LogP contribution in [-0.4, -0.2) is 26.9 Å². The van der Waals surface area contributed by atoms with Gasteiger partial charge in [-0.2, -0.15) is 0 Å². The predicted octanol–water partition coefficient (Wildman–Crippen LogP) is 3.67. The second-order valence-electron chi connectivity index (χ2n) is 5.15. The fraction of sp³-hybridized carbons (Fsp3) is 0. The van der Waals surface area contributed by atoms with Gasteiger partial charge in [0.1, 0.15) is 0 Å². The number of nitrogens with one attached hydrogen (secondary N) is 1. The van der Waals surface area contributed by atoms with Gasteiger partial charge in [0.25, 0.3) is 11.6 Å². The van der Waals surface area contributed by atoms with Gasteiger partial charge in [-0.15, -0.1) is 11.3 Å². The Morgan fingerprint density at radius 1 is 1.08 bits per heavy atom. The number of nitro benzene ring substituents is 1. The highest BCUT2D eigenvalue weighted by atomic mass is 32.1. The third-order valence-corrected chi connectivity index (χ3v) is 4.26. The number of aromatic nitrogens is 1. The molecule has 8 nitrogen and oxygen atoms in total. The smallest absolute Gasteiger partial charge is 0.336 e. The lowest BCUT2D eigenvalue weighted by molar-refractivity contribution is -0.384. The fourth-order valence-corrected chi connectivity index (χ4v) is 2.96. The van der Waals surface area contributed by atoms with Crippen LogP contribution in [0.5, 0.6) is 0 Å². The first-order valence-corrected chi connectivity index (χ1v) is 8.17. The summed E-state index contributed by atoms with van der Waals surface area (Å²) >= 11 is 1.17. The Morgan fingerprint density at radius 2 is 1.73 bits per heavy atom. The summed E-state index contributed by atoms with van der Waals surface area (Å²) in [4.78, 5) is 38.0. The van der Waals surface area contributed by atoms with Crippen molar-refractivity contribution in [1.82, 2.24) is 4.98 Å². The highest BCUT2D eigenvalue weighted by Crippen LogP contribution is 2.27. The number of non-ortho nitro benzene ring substituents is 1. The molecule has 0 saturated carbocycles.